The number of hydrogen-bond acceptors (Lipinski definition) is 6. The Kier molecular flexibility index (Phi) is 6.85. The van der Waals surface area contributed by atoms with Crippen molar-refractivity contribution in [2.45, 2.75) is 0 Å². The van der Waals surface area contributed by atoms with E-state index in [1.165, 1.54) is 12.1 Å². The fourth-order valence-corrected chi connectivity index (χ4v) is 3.56. The molecule has 3 rings (SSSR count). The molecule has 28 heavy (non-hydrogen) atoms. The maximum absolute atomic E-state index is 13.1. The van der Waals surface area contributed by atoms with Crippen molar-refractivity contribution in [3.8, 4) is 6.07 Å². The van der Waals surface area contributed by atoms with Gasteiger partial charge in [-0.25, -0.2) is 4.39 Å². The summed E-state index contributed by atoms with van der Waals surface area (Å²) in [7, 11) is 0. The van der Waals surface area contributed by atoms with Crippen LogP contribution in [0.5, 0.6) is 0 Å². The fraction of sp³-hybridized carbons (Fsp3) is 0.500. The van der Waals surface area contributed by atoms with E-state index >= 15 is 0 Å². The molecule has 1 aromatic rings. The number of hydrogen-bond donors (Lipinski definition) is 1. The van der Waals surface area contributed by atoms with Crippen molar-refractivity contribution in [1.82, 2.24) is 14.7 Å². The van der Waals surface area contributed by atoms with E-state index in [1.807, 2.05) is 4.90 Å². The minimum absolute atomic E-state index is 0.141. The van der Waals surface area contributed by atoms with Gasteiger partial charge in [0, 0.05) is 70.8 Å². The van der Waals surface area contributed by atoms with Gasteiger partial charge in [-0.3, -0.25) is 9.69 Å². The topological polar surface area (TPSA) is 74.0 Å². The van der Waals surface area contributed by atoms with Crippen LogP contribution in [0.3, 0.4) is 0 Å². The molecule has 2 aliphatic heterocycles. The molecule has 2 aliphatic rings. The summed E-state index contributed by atoms with van der Waals surface area (Å²) >= 11 is 0. The summed E-state index contributed by atoms with van der Waals surface area (Å²) in [6.45, 7) is 6.22. The molecule has 0 spiro atoms. The molecule has 0 aromatic heterocycles. The Morgan fingerprint density at radius 2 is 1.71 bits per heavy atom. The zero-order valence-electron chi connectivity index (χ0n) is 15.9. The van der Waals surface area contributed by atoms with Crippen LogP contribution in [-0.4, -0.2) is 91.2 Å². The average Bonchev–Trinajstić information content (AvgIpc) is 2.73. The Morgan fingerprint density at radius 3 is 2.29 bits per heavy atom. The highest BCUT2D eigenvalue weighted by atomic mass is 19.1. The van der Waals surface area contributed by atoms with Gasteiger partial charge in [0.1, 0.15) is 17.5 Å². The number of halogens is 1. The first-order chi connectivity index (χ1) is 13.6. The summed E-state index contributed by atoms with van der Waals surface area (Å²) in [5, 5.41) is 18.5. The van der Waals surface area contributed by atoms with E-state index in [9.17, 15) is 14.4 Å². The van der Waals surface area contributed by atoms with E-state index in [0.29, 0.717) is 32.7 Å². The Labute approximate surface area is 164 Å². The summed E-state index contributed by atoms with van der Waals surface area (Å²) in [6.07, 6.45) is 1.67. The molecule has 7 nitrogen and oxygen atoms in total. The number of nitrogens with zero attached hydrogens (tertiary/aromatic N) is 5. The van der Waals surface area contributed by atoms with Crippen molar-refractivity contribution in [3.05, 3.63) is 41.9 Å². The van der Waals surface area contributed by atoms with E-state index in [2.05, 4.69) is 15.9 Å². The predicted molar refractivity (Wildman–Crippen MR) is 104 cm³/mol. The third-order valence-electron chi connectivity index (χ3n) is 5.24. The molecule has 0 atom stereocenters. The summed E-state index contributed by atoms with van der Waals surface area (Å²) in [4.78, 5) is 20.7. The number of aliphatic hydroxyl groups is 1. The van der Waals surface area contributed by atoms with Crippen molar-refractivity contribution in [3.63, 3.8) is 0 Å². The van der Waals surface area contributed by atoms with Gasteiger partial charge in [-0.15, -0.1) is 0 Å². The highest BCUT2D eigenvalue weighted by Crippen LogP contribution is 2.18. The molecule has 150 valence electrons. The van der Waals surface area contributed by atoms with Crippen LogP contribution in [0.15, 0.2) is 36.0 Å². The highest BCUT2D eigenvalue weighted by molar-refractivity contribution is 5.97. The maximum Gasteiger partial charge on any atom is 0.266 e. The first-order valence-electron chi connectivity index (χ1n) is 9.59. The Bertz CT molecular complexity index is 730. The molecular formula is C20H26FN5O2. The lowest BCUT2D eigenvalue weighted by atomic mass is 10.2. The normalized spacial score (nSPS) is 18.9. The number of carbonyl (C=O) groups is 1. The summed E-state index contributed by atoms with van der Waals surface area (Å²) in [6, 6.07) is 8.40. The molecule has 1 amide bonds. The van der Waals surface area contributed by atoms with Gasteiger partial charge in [-0.2, -0.15) is 5.26 Å². The molecule has 0 aliphatic carbocycles. The van der Waals surface area contributed by atoms with Gasteiger partial charge < -0.3 is 19.8 Å². The Morgan fingerprint density at radius 1 is 1.07 bits per heavy atom. The quantitative estimate of drug-likeness (QED) is 0.586. The van der Waals surface area contributed by atoms with Crippen molar-refractivity contribution in [2.24, 2.45) is 0 Å². The van der Waals surface area contributed by atoms with Crippen LogP contribution in [0, 0.1) is 17.1 Å². The third kappa shape index (κ3) is 5.00. The number of nitriles is 1. The molecule has 0 saturated carbocycles. The van der Waals surface area contributed by atoms with E-state index in [-0.39, 0.29) is 23.9 Å². The molecule has 0 unspecified atom stereocenters. The fourth-order valence-electron chi connectivity index (χ4n) is 3.56. The predicted octanol–water partition coefficient (Wildman–Crippen LogP) is 0.492. The first kappa shape index (κ1) is 20.1. The van der Waals surface area contributed by atoms with Gasteiger partial charge in [0.15, 0.2) is 0 Å². The SMILES string of the molecule is N#C/C(=C/N1CCN(CCO)CC1)C(=O)N1CCN(c2ccc(F)cc2)CC1. The van der Waals surface area contributed by atoms with E-state index in [0.717, 1.165) is 31.9 Å². The third-order valence-corrected chi connectivity index (χ3v) is 5.24. The van der Waals surface area contributed by atoms with Crippen LogP contribution >= 0.6 is 0 Å². The second-order valence-electron chi connectivity index (χ2n) is 7.01. The molecule has 0 radical (unpaired) electrons. The molecular weight excluding hydrogens is 361 g/mol. The first-order valence-corrected chi connectivity index (χ1v) is 9.59. The van der Waals surface area contributed by atoms with Gasteiger partial charge in [0.25, 0.3) is 5.91 Å². The van der Waals surface area contributed by atoms with Crippen molar-refractivity contribution >= 4 is 11.6 Å². The maximum atomic E-state index is 13.1. The van der Waals surface area contributed by atoms with Crippen LogP contribution in [-0.2, 0) is 4.79 Å². The number of β-amino-alcohol motifs (C(OH)–C–C–N with tert-alkyl or cyclic N) is 1. The van der Waals surface area contributed by atoms with Crippen LogP contribution in [0.1, 0.15) is 0 Å². The van der Waals surface area contributed by atoms with Gasteiger partial charge >= 0.3 is 0 Å². The van der Waals surface area contributed by atoms with Crippen molar-refractivity contribution < 1.29 is 14.3 Å². The molecule has 8 heteroatoms. The second-order valence-corrected chi connectivity index (χ2v) is 7.01. The minimum atomic E-state index is -0.265. The number of amides is 1. The van der Waals surface area contributed by atoms with Crippen LogP contribution < -0.4 is 4.90 Å². The second kappa shape index (κ2) is 9.53. The number of carbonyl (C=O) groups excluding carboxylic acids is 1. The van der Waals surface area contributed by atoms with Crippen molar-refractivity contribution in [1.29, 1.82) is 5.26 Å². The smallest absolute Gasteiger partial charge is 0.266 e. The van der Waals surface area contributed by atoms with Crippen LogP contribution in [0.2, 0.25) is 0 Å². The summed E-state index contributed by atoms with van der Waals surface area (Å²) < 4.78 is 13.1. The molecule has 2 heterocycles. The number of benzene rings is 1. The highest BCUT2D eigenvalue weighted by Gasteiger charge is 2.25. The van der Waals surface area contributed by atoms with Gasteiger partial charge in [-0.05, 0) is 24.3 Å². The number of piperazine rings is 2. The lowest BCUT2D eigenvalue weighted by Gasteiger charge is -2.36. The summed E-state index contributed by atoms with van der Waals surface area (Å²) in [5.74, 6) is -0.502. The lowest BCUT2D eigenvalue weighted by Crippen LogP contribution is -2.49. The molecule has 1 N–H and O–H groups in total. The van der Waals surface area contributed by atoms with E-state index in [4.69, 9.17) is 5.11 Å². The van der Waals surface area contributed by atoms with Gasteiger partial charge in [0.2, 0.25) is 0 Å². The van der Waals surface area contributed by atoms with Gasteiger partial charge in [0.05, 0.1) is 6.61 Å². The molecule has 0 bridgehead atoms. The van der Waals surface area contributed by atoms with Gasteiger partial charge in [-0.1, -0.05) is 0 Å². The van der Waals surface area contributed by atoms with E-state index < -0.39 is 0 Å². The monoisotopic (exact) mass is 387 g/mol. The summed E-state index contributed by atoms with van der Waals surface area (Å²) in [5.41, 5.74) is 1.09. The number of anilines is 1. The Hall–Kier alpha value is -2.63. The molecule has 2 fully saturated rings. The largest absolute Gasteiger partial charge is 0.395 e. The minimum Gasteiger partial charge on any atom is -0.395 e. The Balaban J connectivity index is 1.54. The standard InChI is InChI=1S/C20H26FN5O2/c21-18-1-3-19(4-2-18)25-9-11-26(12-10-25)20(28)17(15-22)16-24-7-5-23(6-8-24)13-14-27/h1-4,16,27H,5-14H2/b17-16-. The zero-order chi connectivity index (χ0) is 19.9. The molecule has 1 aromatic carbocycles. The van der Waals surface area contributed by atoms with E-state index in [1.54, 1.807) is 23.2 Å². The van der Waals surface area contributed by atoms with Crippen molar-refractivity contribution in [2.75, 3.05) is 70.4 Å². The average molecular weight is 387 g/mol. The number of aliphatic hydroxyl groups excluding tert-OH is 1. The lowest BCUT2D eigenvalue weighted by molar-refractivity contribution is -0.127. The van der Waals surface area contributed by atoms with Crippen LogP contribution in [0.4, 0.5) is 10.1 Å². The zero-order valence-corrected chi connectivity index (χ0v) is 15.9. The molecule has 2 saturated heterocycles. The van der Waals surface area contributed by atoms with Crippen LogP contribution in [0.25, 0.3) is 0 Å². The number of rotatable bonds is 5.